The number of hydrogen-bond donors (Lipinski definition) is 2. The van der Waals surface area contributed by atoms with Gasteiger partial charge in [-0.2, -0.15) is 0 Å². The van der Waals surface area contributed by atoms with Gasteiger partial charge in [0.25, 0.3) is 5.91 Å². The monoisotopic (exact) mass is 434 g/mol. The lowest BCUT2D eigenvalue weighted by Gasteiger charge is -2.13. The smallest absolute Gasteiger partial charge is 0.268 e. The van der Waals surface area contributed by atoms with Gasteiger partial charge in [-0.25, -0.2) is 0 Å². The van der Waals surface area contributed by atoms with E-state index in [4.69, 9.17) is 11.6 Å². The number of fused-ring (bicyclic) bond motifs is 1. The van der Waals surface area contributed by atoms with Crippen LogP contribution in [0.1, 0.15) is 34.5 Å². The van der Waals surface area contributed by atoms with Crippen molar-refractivity contribution in [1.82, 2.24) is 10.3 Å². The third-order valence-electron chi connectivity index (χ3n) is 5.10. The molecule has 3 nitrogen and oxygen atoms in total. The summed E-state index contributed by atoms with van der Waals surface area (Å²) in [6.07, 6.45) is 0. The third kappa shape index (κ3) is 4.55. The average Bonchev–Trinajstić information content (AvgIpc) is 3.11. The van der Waals surface area contributed by atoms with Crippen molar-refractivity contribution in [1.29, 1.82) is 0 Å². The van der Waals surface area contributed by atoms with Crippen LogP contribution in [-0.2, 0) is 0 Å². The van der Waals surface area contributed by atoms with Crippen molar-refractivity contribution >= 4 is 40.2 Å². The molecule has 0 unspecified atom stereocenters. The van der Waals surface area contributed by atoms with Crippen molar-refractivity contribution in [2.24, 2.45) is 0 Å². The van der Waals surface area contributed by atoms with E-state index in [0.717, 1.165) is 26.3 Å². The Kier molecular flexibility index (Phi) is 6.16. The van der Waals surface area contributed by atoms with E-state index in [2.05, 4.69) is 47.6 Å². The van der Waals surface area contributed by atoms with Crippen LogP contribution in [0.5, 0.6) is 0 Å². The number of rotatable bonds is 6. The predicted octanol–water partition coefficient (Wildman–Crippen LogP) is 6.81. The minimum absolute atomic E-state index is 0.0944. The van der Waals surface area contributed by atoms with Gasteiger partial charge in [-0.15, -0.1) is 0 Å². The van der Waals surface area contributed by atoms with Gasteiger partial charge >= 0.3 is 0 Å². The molecule has 0 saturated heterocycles. The Morgan fingerprint density at radius 3 is 2.53 bits per heavy atom. The van der Waals surface area contributed by atoms with Gasteiger partial charge in [-0.1, -0.05) is 72.8 Å². The summed E-state index contributed by atoms with van der Waals surface area (Å²) >= 11 is 7.60. The molecule has 1 amide bonds. The summed E-state index contributed by atoms with van der Waals surface area (Å²) in [6.45, 7) is 4.74. The van der Waals surface area contributed by atoms with Crippen LogP contribution in [0.25, 0.3) is 10.9 Å². The second-order valence-corrected chi connectivity index (χ2v) is 8.98. The highest BCUT2D eigenvalue weighted by molar-refractivity contribution is 7.99. The largest absolute Gasteiger partial charge is 0.350 e. The maximum absolute atomic E-state index is 13.1. The van der Waals surface area contributed by atoms with E-state index in [-0.39, 0.29) is 11.8 Å². The van der Waals surface area contributed by atoms with Crippen LogP contribution in [0, 0.1) is 6.92 Å². The van der Waals surface area contributed by atoms with E-state index in [1.54, 1.807) is 11.8 Å². The Labute approximate surface area is 185 Å². The first-order chi connectivity index (χ1) is 14.5. The number of carbonyl (C=O) groups is 1. The molecule has 0 fully saturated rings. The standard InChI is InChI=1S/C25H23ClN2OS/c1-16-8-13-21-22(14-16)28-23(24(21)30-20-11-9-19(26)10-12-20)25(29)27-15-17(2)18-6-4-3-5-7-18/h3-14,17,28H,15H2,1-2H3,(H,27,29)/t17-/m0/s1. The number of amides is 1. The molecule has 0 aliphatic rings. The van der Waals surface area contributed by atoms with E-state index in [1.807, 2.05) is 49.4 Å². The molecular weight excluding hydrogens is 412 g/mol. The molecule has 5 heteroatoms. The molecule has 2 N–H and O–H groups in total. The SMILES string of the molecule is Cc1ccc2c(Sc3ccc(Cl)cc3)c(C(=O)NC[C@H](C)c3ccccc3)[nH]c2c1. The highest BCUT2D eigenvalue weighted by atomic mass is 35.5. The van der Waals surface area contributed by atoms with Crippen molar-refractivity contribution in [3.63, 3.8) is 0 Å². The summed E-state index contributed by atoms with van der Waals surface area (Å²) < 4.78 is 0. The number of hydrogen-bond acceptors (Lipinski definition) is 2. The van der Waals surface area contributed by atoms with Gasteiger partial charge in [0.2, 0.25) is 0 Å². The van der Waals surface area contributed by atoms with E-state index in [9.17, 15) is 4.79 Å². The second kappa shape index (κ2) is 8.99. The van der Waals surface area contributed by atoms with Crippen molar-refractivity contribution in [3.8, 4) is 0 Å². The molecule has 0 saturated carbocycles. The third-order valence-corrected chi connectivity index (χ3v) is 6.49. The molecule has 152 valence electrons. The molecule has 0 aliphatic carbocycles. The molecule has 1 heterocycles. The average molecular weight is 435 g/mol. The molecule has 3 aromatic carbocycles. The first-order valence-electron chi connectivity index (χ1n) is 9.90. The number of aryl methyl sites for hydroxylation is 1. The van der Waals surface area contributed by atoms with Crippen LogP contribution in [0.3, 0.4) is 0 Å². The molecule has 1 atom stereocenters. The molecule has 4 aromatic rings. The maximum atomic E-state index is 13.1. The van der Waals surface area contributed by atoms with Crippen LogP contribution in [-0.4, -0.2) is 17.4 Å². The first kappa shape index (κ1) is 20.6. The van der Waals surface area contributed by atoms with Gasteiger partial charge in [0.1, 0.15) is 5.69 Å². The second-order valence-electron chi connectivity index (χ2n) is 7.46. The molecule has 4 rings (SSSR count). The Bertz CT molecular complexity index is 1170. The number of benzene rings is 3. The lowest BCUT2D eigenvalue weighted by atomic mass is 10.0. The number of aromatic nitrogens is 1. The molecular formula is C25H23ClN2OS. The Morgan fingerprint density at radius 2 is 1.80 bits per heavy atom. The van der Waals surface area contributed by atoms with E-state index < -0.39 is 0 Å². The predicted molar refractivity (Wildman–Crippen MR) is 126 cm³/mol. The van der Waals surface area contributed by atoms with Gasteiger partial charge < -0.3 is 10.3 Å². The zero-order valence-corrected chi connectivity index (χ0v) is 18.5. The summed E-state index contributed by atoms with van der Waals surface area (Å²) in [6, 6.07) is 24.1. The van der Waals surface area contributed by atoms with Crippen LogP contribution in [0.4, 0.5) is 0 Å². The lowest BCUT2D eigenvalue weighted by molar-refractivity contribution is 0.0944. The molecule has 1 aromatic heterocycles. The zero-order chi connectivity index (χ0) is 21.1. The normalized spacial score (nSPS) is 12.1. The summed E-state index contributed by atoms with van der Waals surface area (Å²) in [5.74, 6) is 0.136. The zero-order valence-electron chi connectivity index (χ0n) is 16.9. The van der Waals surface area contributed by atoms with Crippen LogP contribution >= 0.6 is 23.4 Å². The fraction of sp³-hybridized carbons (Fsp3) is 0.160. The molecule has 0 bridgehead atoms. The van der Waals surface area contributed by atoms with Crippen LogP contribution in [0.2, 0.25) is 5.02 Å². The number of aromatic amines is 1. The number of H-pyrrole nitrogens is 1. The lowest BCUT2D eigenvalue weighted by Crippen LogP contribution is -2.28. The summed E-state index contributed by atoms with van der Waals surface area (Å²) in [5, 5.41) is 4.84. The molecule has 30 heavy (non-hydrogen) atoms. The minimum Gasteiger partial charge on any atom is -0.350 e. The Hall–Kier alpha value is -2.69. The van der Waals surface area contributed by atoms with Gasteiger partial charge in [0.15, 0.2) is 0 Å². The number of halogens is 1. The van der Waals surface area contributed by atoms with Crippen LogP contribution in [0.15, 0.2) is 82.6 Å². The molecule has 0 radical (unpaired) electrons. The maximum Gasteiger partial charge on any atom is 0.268 e. The van der Waals surface area contributed by atoms with Gasteiger partial charge in [-0.3, -0.25) is 4.79 Å². The van der Waals surface area contributed by atoms with Crippen molar-refractivity contribution < 1.29 is 4.79 Å². The number of nitrogens with one attached hydrogen (secondary N) is 2. The Balaban J connectivity index is 1.61. The van der Waals surface area contributed by atoms with E-state index in [0.29, 0.717) is 17.3 Å². The van der Waals surface area contributed by atoms with Crippen LogP contribution < -0.4 is 5.32 Å². The van der Waals surface area contributed by atoms with Gasteiger partial charge in [-0.05, 0) is 54.3 Å². The summed E-state index contributed by atoms with van der Waals surface area (Å²) in [7, 11) is 0. The molecule has 0 spiro atoms. The minimum atomic E-state index is -0.0944. The van der Waals surface area contributed by atoms with Crippen molar-refractivity contribution in [2.75, 3.05) is 6.54 Å². The topological polar surface area (TPSA) is 44.9 Å². The highest BCUT2D eigenvalue weighted by Crippen LogP contribution is 2.37. The van der Waals surface area contributed by atoms with Gasteiger partial charge in [0.05, 0.1) is 4.90 Å². The van der Waals surface area contributed by atoms with E-state index >= 15 is 0 Å². The van der Waals surface area contributed by atoms with Crippen molar-refractivity contribution in [3.05, 3.63) is 94.6 Å². The fourth-order valence-corrected chi connectivity index (χ4v) is 4.57. The fourth-order valence-electron chi connectivity index (χ4n) is 3.41. The first-order valence-corrected chi connectivity index (χ1v) is 11.1. The summed E-state index contributed by atoms with van der Waals surface area (Å²) in [5.41, 5.74) is 3.92. The summed E-state index contributed by atoms with van der Waals surface area (Å²) in [4.78, 5) is 18.4. The molecule has 0 aliphatic heterocycles. The van der Waals surface area contributed by atoms with Gasteiger partial charge in [0, 0.05) is 27.4 Å². The van der Waals surface area contributed by atoms with Crippen molar-refractivity contribution in [2.45, 2.75) is 29.6 Å². The Morgan fingerprint density at radius 1 is 1.07 bits per heavy atom. The number of carbonyl (C=O) groups excluding carboxylic acids is 1. The van der Waals surface area contributed by atoms with E-state index in [1.165, 1.54) is 5.56 Å². The quantitative estimate of drug-likeness (QED) is 0.350. The highest BCUT2D eigenvalue weighted by Gasteiger charge is 2.20.